The van der Waals surface area contributed by atoms with Crippen molar-refractivity contribution in [3.63, 3.8) is 0 Å². The fourth-order valence-corrected chi connectivity index (χ4v) is 4.68. The van der Waals surface area contributed by atoms with Crippen molar-refractivity contribution < 1.29 is 14.2 Å². The van der Waals surface area contributed by atoms with E-state index in [1.54, 1.807) is 0 Å². The number of thiocarbonyl (C=S) groups is 1. The predicted molar refractivity (Wildman–Crippen MR) is 136 cm³/mol. The zero-order chi connectivity index (χ0) is 23.3. The molecule has 0 radical (unpaired) electrons. The molecule has 0 aliphatic carbocycles. The van der Waals surface area contributed by atoms with Gasteiger partial charge in [-0.2, -0.15) is 0 Å². The van der Waals surface area contributed by atoms with Crippen LogP contribution in [0.25, 0.3) is 10.9 Å². The summed E-state index contributed by atoms with van der Waals surface area (Å²) in [5.74, 6) is 1.36. The second-order valence-corrected chi connectivity index (χ2v) is 9.08. The van der Waals surface area contributed by atoms with Crippen molar-refractivity contribution >= 4 is 28.2 Å². The van der Waals surface area contributed by atoms with Gasteiger partial charge in [0.25, 0.3) is 5.56 Å². The van der Waals surface area contributed by atoms with Gasteiger partial charge in [0.2, 0.25) is 0 Å². The predicted octanol–water partition coefficient (Wildman–Crippen LogP) is 3.40. The number of ether oxygens (including phenoxy) is 3. The first-order valence-electron chi connectivity index (χ1n) is 11.8. The van der Waals surface area contributed by atoms with E-state index in [1.807, 2.05) is 41.3 Å². The molecule has 2 N–H and O–H groups in total. The number of pyridine rings is 1. The van der Waals surface area contributed by atoms with Crippen molar-refractivity contribution in [2.45, 2.75) is 31.9 Å². The molecule has 0 saturated carbocycles. The fourth-order valence-electron chi connectivity index (χ4n) is 4.43. The summed E-state index contributed by atoms with van der Waals surface area (Å²) in [7, 11) is 0. The van der Waals surface area contributed by atoms with Gasteiger partial charge >= 0.3 is 0 Å². The van der Waals surface area contributed by atoms with E-state index in [-0.39, 0.29) is 11.7 Å². The number of hydrogen-bond donors (Lipinski definition) is 2. The largest absolute Gasteiger partial charge is 0.486 e. The summed E-state index contributed by atoms with van der Waals surface area (Å²) in [6, 6.07) is 16.0. The summed E-state index contributed by atoms with van der Waals surface area (Å²) >= 11 is 5.75. The van der Waals surface area contributed by atoms with Crippen LogP contribution in [0.3, 0.4) is 0 Å². The second-order valence-electron chi connectivity index (χ2n) is 8.69. The maximum atomic E-state index is 12.9. The molecule has 8 heteroatoms. The summed E-state index contributed by atoms with van der Waals surface area (Å²) in [5.41, 5.74) is 2.50. The molecule has 1 unspecified atom stereocenters. The van der Waals surface area contributed by atoms with Gasteiger partial charge in [0.1, 0.15) is 13.2 Å². The molecular weight excluding hydrogens is 450 g/mol. The molecule has 3 heterocycles. The van der Waals surface area contributed by atoms with Crippen LogP contribution in [-0.2, 0) is 17.7 Å². The molecule has 0 bridgehead atoms. The number of hydrogen-bond acceptors (Lipinski definition) is 5. The van der Waals surface area contributed by atoms with Gasteiger partial charge < -0.3 is 29.4 Å². The van der Waals surface area contributed by atoms with Crippen molar-refractivity contribution in [2.75, 3.05) is 32.9 Å². The van der Waals surface area contributed by atoms with E-state index in [4.69, 9.17) is 26.4 Å². The monoisotopic (exact) mass is 479 g/mol. The molecule has 1 saturated heterocycles. The highest BCUT2D eigenvalue weighted by molar-refractivity contribution is 7.80. The third kappa shape index (κ3) is 5.34. The zero-order valence-corrected chi connectivity index (χ0v) is 19.9. The van der Waals surface area contributed by atoms with E-state index in [0.717, 1.165) is 43.3 Å². The van der Waals surface area contributed by atoms with E-state index in [0.29, 0.717) is 48.5 Å². The quantitative estimate of drug-likeness (QED) is 0.503. The van der Waals surface area contributed by atoms with Crippen LogP contribution in [-0.4, -0.2) is 54.0 Å². The Bertz CT molecular complexity index is 1210. The van der Waals surface area contributed by atoms with Crippen LogP contribution in [0.15, 0.2) is 53.3 Å². The first kappa shape index (κ1) is 22.7. The average Bonchev–Trinajstić information content (AvgIpc) is 3.37. The van der Waals surface area contributed by atoms with Crippen LogP contribution >= 0.6 is 12.2 Å². The summed E-state index contributed by atoms with van der Waals surface area (Å²) in [6.45, 7) is 3.58. The number of aromatic amines is 1. The van der Waals surface area contributed by atoms with Gasteiger partial charge in [-0.1, -0.05) is 30.3 Å². The van der Waals surface area contributed by atoms with Gasteiger partial charge in [0.15, 0.2) is 16.6 Å². The van der Waals surface area contributed by atoms with Crippen molar-refractivity contribution in [3.8, 4) is 11.5 Å². The van der Waals surface area contributed by atoms with Crippen molar-refractivity contribution in [1.29, 1.82) is 0 Å². The highest BCUT2D eigenvalue weighted by atomic mass is 32.1. The lowest BCUT2D eigenvalue weighted by atomic mass is 10.1. The van der Waals surface area contributed by atoms with Crippen LogP contribution in [0.4, 0.5) is 0 Å². The number of nitrogens with one attached hydrogen (secondary N) is 2. The molecule has 1 fully saturated rings. The third-order valence-electron chi connectivity index (χ3n) is 6.21. The Hall–Kier alpha value is -3.10. The number of rotatable bonds is 7. The van der Waals surface area contributed by atoms with Gasteiger partial charge in [-0.15, -0.1) is 0 Å². The Kier molecular flexibility index (Phi) is 6.97. The minimum atomic E-state index is -0.131. The van der Waals surface area contributed by atoms with Crippen LogP contribution in [0.2, 0.25) is 0 Å². The van der Waals surface area contributed by atoms with E-state index in [1.165, 1.54) is 5.56 Å². The number of benzene rings is 2. The molecule has 1 aromatic heterocycles. The van der Waals surface area contributed by atoms with Crippen LogP contribution in [0.5, 0.6) is 11.5 Å². The van der Waals surface area contributed by atoms with Crippen molar-refractivity contribution in [1.82, 2.24) is 15.2 Å². The van der Waals surface area contributed by atoms with Gasteiger partial charge in [0.05, 0.1) is 18.2 Å². The lowest BCUT2D eigenvalue weighted by Crippen LogP contribution is -2.44. The number of nitrogens with zero attached hydrogens (tertiary/aromatic N) is 1. The minimum Gasteiger partial charge on any atom is -0.486 e. The Balaban J connectivity index is 1.33. The molecule has 7 nitrogen and oxygen atoms in total. The number of aromatic nitrogens is 1. The van der Waals surface area contributed by atoms with E-state index >= 15 is 0 Å². The number of H-pyrrole nitrogens is 1. The SMILES string of the molecule is O=c1[nH]c2cc3c(cc2cc1CN(CC1CCCO1)C(=S)NCCc1ccccc1)OCCO3. The van der Waals surface area contributed by atoms with Gasteiger partial charge in [0, 0.05) is 36.7 Å². The topological polar surface area (TPSA) is 75.8 Å². The molecule has 2 aliphatic heterocycles. The minimum absolute atomic E-state index is 0.117. The highest BCUT2D eigenvalue weighted by Gasteiger charge is 2.22. The molecule has 0 spiro atoms. The molecular formula is C26H29N3O4S. The molecule has 2 aliphatic rings. The summed E-state index contributed by atoms with van der Waals surface area (Å²) < 4.78 is 17.2. The molecule has 5 rings (SSSR count). The standard InChI is InChI=1S/C26H29N3O4S/c30-25-20(13-19-14-23-24(15-22(19)28-25)33-12-11-32-23)16-29(17-21-7-4-10-31-21)26(34)27-9-8-18-5-2-1-3-6-18/h1-3,5-6,13-15,21H,4,7-12,16-17H2,(H,27,34)(H,28,30). The summed E-state index contributed by atoms with van der Waals surface area (Å²) in [5, 5.41) is 4.91. The second kappa shape index (κ2) is 10.4. The van der Waals surface area contributed by atoms with Crippen molar-refractivity contribution in [3.05, 3.63) is 70.0 Å². The molecule has 1 atom stereocenters. The zero-order valence-electron chi connectivity index (χ0n) is 19.0. The molecule has 34 heavy (non-hydrogen) atoms. The maximum absolute atomic E-state index is 12.9. The average molecular weight is 480 g/mol. The maximum Gasteiger partial charge on any atom is 0.253 e. The summed E-state index contributed by atoms with van der Waals surface area (Å²) in [4.78, 5) is 18.0. The van der Waals surface area contributed by atoms with Gasteiger partial charge in [-0.25, -0.2) is 0 Å². The molecule has 0 amide bonds. The van der Waals surface area contributed by atoms with Crippen LogP contribution in [0.1, 0.15) is 24.0 Å². The number of fused-ring (bicyclic) bond motifs is 2. The van der Waals surface area contributed by atoms with Gasteiger partial charge in [-0.3, -0.25) is 4.79 Å². The Morgan fingerprint density at radius 3 is 2.65 bits per heavy atom. The van der Waals surface area contributed by atoms with E-state index in [2.05, 4.69) is 22.4 Å². The van der Waals surface area contributed by atoms with E-state index in [9.17, 15) is 4.79 Å². The Morgan fingerprint density at radius 2 is 1.88 bits per heavy atom. The fraction of sp³-hybridized carbons (Fsp3) is 0.385. The van der Waals surface area contributed by atoms with Crippen molar-refractivity contribution in [2.24, 2.45) is 0 Å². The first-order chi connectivity index (χ1) is 16.7. The highest BCUT2D eigenvalue weighted by Crippen LogP contribution is 2.33. The van der Waals surface area contributed by atoms with Gasteiger partial charge in [-0.05, 0) is 49.2 Å². The lowest BCUT2D eigenvalue weighted by Gasteiger charge is -2.28. The lowest BCUT2D eigenvalue weighted by molar-refractivity contribution is 0.0897. The summed E-state index contributed by atoms with van der Waals surface area (Å²) in [6.07, 6.45) is 3.04. The Labute approximate surface area is 204 Å². The molecule has 2 aromatic carbocycles. The first-order valence-corrected chi connectivity index (χ1v) is 12.2. The molecule has 178 valence electrons. The Morgan fingerprint density at radius 1 is 1.09 bits per heavy atom. The van der Waals surface area contributed by atoms with E-state index < -0.39 is 0 Å². The smallest absolute Gasteiger partial charge is 0.253 e. The van der Waals surface area contributed by atoms with Crippen LogP contribution < -0.4 is 20.3 Å². The molecule has 3 aromatic rings. The van der Waals surface area contributed by atoms with Crippen LogP contribution in [0, 0.1) is 0 Å². The normalized spacial score (nSPS) is 17.0. The third-order valence-corrected chi connectivity index (χ3v) is 6.62.